The first-order valence-corrected chi connectivity index (χ1v) is 8.12. The number of nitrogens with one attached hydrogen (secondary N) is 1. The van der Waals surface area contributed by atoms with E-state index >= 15 is 0 Å². The molecule has 4 rings (SSSR count). The Morgan fingerprint density at radius 1 is 1.07 bits per heavy atom. The molecule has 0 radical (unpaired) electrons. The fourth-order valence-electron chi connectivity index (χ4n) is 2.65. The van der Waals surface area contributed by atoms with Crippen LogP contribution >= 0.6 is 0 Å². The number of hydrogen-bond donors (Lipinski definition) is 1. The van der Waals surface area contributed by atoms with Crippen molar-refractivity contribution in [3.05, 3.63) is 70.8 Å². The third kappa shape index (κ3) is 3.64. The highest BCUT2D eigenvalue weighted by atomic mass is 19.1. The number of aromatic nitrogens is 2. The van der Waals surface area contributed by atoms with Crippen LogP contribution in [0.2, 0.25) is 0 Å². The predicted octanol–water partition coefficient (Wildman–Crippen LogP) is 2.42. The lowest BCUT2D eigenvalue weighted by Gasteiger charge is -2.09. The van der Waals surface area contributed by atoms with Gasteiger partial charge in [-0.15, -0.1) is 0 Å². The maximum Gasteiger partial charge on any atom is 0.267 e. The molecule has 1 aliphatic heterocycles. The molecule has 0 aliphatic carbocycles. The minimum Gasteiger partial charge on any atom is -0.454 e. The molecule has 2 heterocycles. The van der Waals surface area contributed by atoms with Gasteiger partial charge in [0, 0.05) is 23.4 Å². The summed E-state index contributed by atoms with van der Waals surface area (Å²) in [6.45, 7) is -0.121. The van der Waals surface area contributed by atoms with E-state index in [2.05, 4.69) is 10.4 Å². The molecule has 0 unspecified atom stereocenters. The van der Waals surface area contributed by atoms with E-state index < -0.39 is 11.5 Å². The van der Waals surface area contributed by atoms with Gasteiger partial charge in [-0.05, 0) is 42.5 Å². The van der Waals surface area contributed by atoms with Crippen LogP contribution in [0.4, 0.5) is 10.1 Å². The van der Waals surface area contributed by atoms with E-state index in [1.807, 2.05) is 0 Å². The van der Waals surface area contributed by atoms with Crippen LogP contribution in [-0.2, 0) is 11.3 Å². The lowest BCUT2D eigenvalue weighted by Crippen LogP contribution is -2.29. The molecule has 1 amide bonds. The van der Waals surface area contributed by atoms with Crippen molar-refractivity contribution in [1.29, 1.82) is 0 Å². The van der Waals surface area contributed by atoms with Crippen LogP contribution in [-0.4, -0.2) is 22.5 Å². The van der Waals surface area contributed by atoms with Crippen LogP contribution in [0.25, 0.3) is 11.3 Å². The molecule has 0 saturated heterocycles. The molecule has 0 atom stereocenters. The van der Waals surface area contributed by atoms with Gasteiger partial charge in [-0.3, -0.25) is 9.59 Å². The number of anilines is 1. The average molecular weight is 367 g/mol. The van der Waals surface area contributed by atoms with Gasteiger partial charge >= 0.3 is 0 Å². The molecule has 0 spiro atoms. The van der Waals surface area contributed by atoms with E-state index in [1.165, 1.54) is 24.3 Å². The molecule has 0 saturated carbocycles. The SMILES string of the molecule is O=C(Cn1nc(-c2ccc(F)cc2)ccc1=O)Nc1ccc2c(c1)OCO2. The van der Waals surface area contributed by atoms with Gasteiger partial charge in [0.2, 0.25) is 12.7 Å². The second-order valence-electron chi connectivity index (χ2n) is 5.84. The van der Waals surface area contributed by atoms with Crippen molar-refractivity contribution in [2.75, 3.05) is 12.1 Å². The fourth-order valence-corrected chi connectivity index (χ4v) is 2.65. The summed E-state index contributed by atoms with van der Waals surface area (Å²) < 4.78 is 24.6. The maximum absolute atomic E-state index is 13.1. The Morgan fingerprint density at radius 3 is 2.67 bits per heavy atom. The lowest BCUT2D eigenvalue weighted by molar-refractivity contribution is -0.117. The number of amides is 1. The van der Waals surface area contributed by atoms with Gasteiger partial charge in [-0.2, -0.15) is 5.10 Å². The molecule has 1 aromatic heterocycles. The predicted molar refractivity (Wildman–Crippen MR) is 95.1 cm³/mol. The Kier molecular flexibility index (Phi) is 4.29. The summed E-state index contributed by atoms with van der Waals surface area (Å²) in [4.78, 5) is 24.3. The smallest absolute Gasteiger partial charge is 0.267 e. The van der Waals surface area contributed by atoms with E-state index in [4.69, 9.17) is 9.47 Å². The first kappa shape index (κ1) is 16.8. The van der Waals surface area contributed by atoms with Gasteiger partial charge < -0.3 is 14.8 Å². The zero-order chi connectivity index (χ0) is 18.8. The highest BCUT2D eigenvalue weighted by molar-refractivity contribution is 5.90. The van der Waals surface area contributed by atoms with Gasteiger partial charge in [-0.25, -0.2) is 9.07 Å². The second-order valence-corrected chi connectivity index (χ2v) is 5.84. The van der Waals surface area contributed by atoms with Crippen LogP contribution in [0.5, 0.6) is 11.5 Å². The van der Waals surface area contributed by atoms with Crippen LogP contribution in [0, 0.1) is 5.82 Å². The molecular weight excluding hydrogens is 353 g/mol. The number of nitrogens with zero attached hydrogens (tertiary/aromatic N) is 2. The average Bonchev–Trinajstić information content (AvgIpc) is 3.12. The first-order chi connectivity index (χ1) is 13.1. The maximum atomic E-state index is 13.1. The van der Waals surface area contributed by atoms with Crippen molar-refractivity contribution < 1.29 is 18.7 Å². The minimum atomic E-state index is -0.417. The molecule has 27 heavy (non-hydrogen) atoms. The Balaban J connectivity index is 1.51. The summed E-state index contributed by atoms with van der Waals surface area (Å²) in [7, 11) is 0. The van der Waals surface area contributed by atoms with Gasteiger partial charge in [0.05, 0.1) is 5.69 Å². The molecule has 136 valence electrons. The van der Waals surface area contributed by atoms with Gasteiger partial charge in [-0.1, -0.05) is 0 Å². The monoisotopic (exact) mass is 367 g/mol. The van der Waals surface area contributed by atoms with Crippen LogP contribution < -0.4 is 20.3 Å². The van der Waals surface area contributed by atoms with E-state index in [0.717, 1.165) is 4.68 Å². The topological polar surface area (TPSA) is 82.5 Å². The number of carbonyl (C=O) groups is 1. The quantitative estimate of drug-likeness (QED) is 0.766. The summed E-state index contributed by atoms with van der Waals surface area (Å²) in [5.74, 6) is 0.370. The number of ether oxygens (including phenoxy) is 2. The van der Waals surface area contributed by atoms with Crippen LogP contribution in [0.15, 0.2) is 59.4 Å². The molecule has 0 bridgehead atoms. The number of fused-ring (bicyclic) bond motifs is 1. The molecule has 0 fully saturated rings. The van der Waals surface area contributed by atoms with E-state index in [9.17, 15) is 14.0 Å². The Labute approximate surface area is 153 Å². The normalized spacial score (nSPS) is 12.0. The Morgan fingerprint density at radius 2 is 1.85 bits per heavy atom. The highest BCUT2D eigenvalue weighted by Gasteiger charge is 2.15. The third-order valence-electron chi connectivity index (χ3n) is 3.96. The molecule has 1 N–H and O–H groups in total. The van der Waals surface area contributed by atoms with Crippen molar-refractivity contribution in [3.63, 3.8) is 0 Å². The van der Waals surface area contributed by atoms with Crippen molar-refractivity contribution in [2.45, 2.75) is 6.54 Å². The van der Waals surface area contributed by atoms with Crippen LogP contribution in [0.1, 0.15) is 0 Å². The van der Waals surface area contributed by atoms with Crippen molar-refractivity contribution in [3.8, 4) is 22.8 Å². The summed E-state index contributed by atoms with van der Waals surface area (Å²) in [6, 6.07) is 13.6. The first-order valence-electron chi connectivity index (χ1n) is 8.12. The zero-order valence-corrected chi connectivity index (χ0v) is 14.0. The van der Waals surface area contributed by atoms with E-state index in [1.54, 1.807) is 30.3 Å². The van der Waals surface area contributed by atoms with Gasteiger partial charge in [0.15, 0.2) is 11.5 Å². The molecular formula is C19H14FN3O4. The second kappa shape index (κ2) is 6.91. The molecule has 1 aliphatic rings. The molecule has 2 aromatic carbocycles. The molecule has 7 nitrogen and oxygen atoms in total. The third-order valence-corrected chi connectivity index (χ3v) is 3.96. The minimum absolute atomic E-state index is 0.141. The van der Waals surface area contributed by atoms with Crippen molar-refractivity contribution in [1.82, 2.24) is 9.78 Å². The Hall–Kier alpha value is -3.68. The summed E-state index contributed by atoms with van der Waals surface area (Å²) >= 11 is 0. The summed E-state index contributed by atoms with van der Waals surface area (Å²) in [6.07, 6.45) is 0. The van der Waals surface area contributed by atoms with Gasteiger partial charge in [0.25, 0.3) is 5.56 Å². The highest BCUT2D eigenvalue weighted by Crippen LogP contribution is 2.34. The number of halogens is 1. The molecule has 8 heteroatoms. The fraction of sp³-hybridized carbons (Fsp3) is 0.105. The zero-order valence-electron chi connectivity index (χ0n) is 14.0. The van der Waals surface area contributed by atoms with Crippen LogP contribution in [0.3, 0.4) is 0 Å². The van der Waals surface area contributed by atoms with E-state index in [0.29, 0.717) is 28.4 Å². The van der Waals surface area contributed by atoms with Crippen molar-refractivity contribution >= 4 is 11.6 Å². The lowest BCUT2D eigenvalue weighted by atomic mass is 10.1. The standard InChI is InChI=1S/C19H14FN3O4/c20-13-3-1-12(2-4-13)15-6-8-19(25)23(22-15)10-18(24)21-14-5-7-16-17(9-14)27-11-26-16/h1-9H,10-11H2,(H,21,24). The number of hydrogen-bond acceptors (Lipinski definition) is 5. The summed E-state index contributed by atoms with van der Waals surface area (Å²) in [5.41, 5.74) is 1.21. The molecule has 3 aromatic rings. The number of benzene rings is 2. The van der Waals surface area contributed by atoms with Gasteiger partial charge in [0.1, 0.15) is 12.4 Å². The number of rotatable bonds is 4. The van der Waals surface area contributed by atoms with Crippen molar-refractivity contribution in [2.24, 2.45) is 0 Å². The summed E-state index contributed by atoms with van der Waals surface area (Å²) in [5, 5.41) is 6.88. The Bertz CT molecular complexity index is 1060. The number of carbonyl (C=O) groups excluding carboxylic acids is 1. The largest absolute Gasteiger partial charge is 0.454 e. The van der Waals surface area contributed by atoms with E-state index in [-0.39, 0.29) is 19.2 Å².